The molecule has 1 aromatic heterocycles. The van der Waals surface area contributed by atoms with Crippen molar-refractivity contribution < 1.29 is 22.6 Å². The van der Waals surface area contributed by atoms with Crippen molar-refractivity contribution in [3.05, 3.63) is 80.2 Å². The molecule has 0 atom stereocenters. The van der Waals surface area contributed by atoms with Crippen LogP contribution < -0.4 is 25.7 Å². The van der Waals surface area contributed by atoms with Gasteiger partial charge in [-0.15, -0.1) is 0 Å². The van der Waals surface area contributed by atoms with Gasteiger partial charge < -0.3 is 14.5 Å². The molecule has 0 unspecified atom stereocenters. The summed E-state index contributed by atoms with van der Waals surface area (Å²) in [4.78, 5) is 18.9. The molecule has 0 amide bonds. The summed E-state index contributed by atoms with van der Waals surface area (Å²) in [6.45, 7) is 1.83. The van der Waals surface area contributed by atoms with Gasteiger partial charge >= 0.3 is 6.18 Å². The number of nitrogens with zero attached hydrogens (tertiary/aromatic N) is 1. The van der Waals surface area contributed by atoms with E-state index in [1.165, 1.54) is 19.2 Å². The fraction of sp³-hybridized carbons (Fsp3) is 0.217. The molecule has 0 saturated carbocycles. The van der Waals surface area contributed by atoms with Crippen molar-refractivity contribution in [1.82, 2.24) is 4.98 Å². The normalized spacial score (nSPS) is 12.7. The summed E-state index contributed by atoms with van der Waals surface area (Å²) < 4.78 is 51.2. The van der Waals surface area contributed by atoms with Crippen LogP contribution >= 0.6 is 0 Å². The van der Waals surface area contributed by atoms with Crippen LogP contribution in [0.15, 0.2) is 52.3 Å². The van der Waals surface area contributed by atoms with Crippen molar-refractivity contribution in [2.24, 2.45) is 4.99 Å². The number of nitrogens with one attached hydrogen (secondary N) is 1. The number of hydrogen-bond acceptors (Lipinski definition) is 4. The van der Waals surface area contributed by atoms with Crippen molar-refractivity contribution in [3.63, 3.8) is 0 Å². The average Bonchev–Trinajstić information content (AvgIpc) is 3.19. The van der Waals surface area contributed by atoms with E-state index in [2.05, 4.69) is 9.98 Å². The van der Waals surface area contributed by atoms with E-state index in [1.54, 1.807) is 31.2 Å². The van der Waals surface area contributed by atoms with E-state index in [1.807, 2.05) is 6.08 Å². The Kier molecular flexibility index (Phi) is 5.31. The summed E-state index contributed by atoms with van der Waals surface area (Å²) in [6, 6.07) is 10.7. The predicted octanol–water partition coefficient (Wildman–Crippen LogP) is 3.37. The van der Waals surface area contributed by atoms with Crippen LogP contribution in [0.3, 0.4) is 0 Å². The van der Waals surface area contributed by atoms with Gasteiger partial charge in [0.05, 0.1) is 19.2 Å². The molecule has 0 saturated heterocycles. The van der Waals surface area contributed by atoms with Crippen LogP contribution in [-0.2, 0) is 12.8 Å². The number of rotatable bonds is 5. The Morgan fingerprint density at radius 1 is 1.10 bits per heavy atom. The predicted molar refractivity (Wildman–Crippen MR) is 110 cm³/mol. The molecule has 0 aliphatic carbocycles. The Balaban J connectivity index is 1.66. The summed E-state index contributed by atoms with van der Waals surface area (Å²) >= 11 is 0. The molecule has 0 spiro atoms. The number of alkyl halides is 3. The molecule has 2 heterocycles. The van der Waals surface area contributed by atoms with E-state index < -0.39 is 11.7 Å². The molecule has 1 aliphatic rings. The molecule has 4 rings (SSSR count). The Labute approximate surface area is 175 Å². The van der Waals surface area contributed by atoms with Gasteiger partial charge in [0.25, 0.3) is 0 Å². The van der Waals surface area contributed by atoms with E-state index in [0.29, 0.717) is 40.2 Å². The summed E-state index contributed by atoms with van der Waals surface area (Å²) in [5.41, 5.74) is 1.50. The van der Waals surface area contributed by atoms with Crippen LogP contribution in [-0.4, -0.2) is 18.6 Å². The Hall–Kier alpha value is -3.55. The van der Waals surface area contributed by atoms with Gasteiger partial charge in [-0.25, -0.2) is 0 Å². The number of aryl methyl sites for hydroxylation is 1. The zero-order chi connectivity index (χ0) is 22.2. The van der Waals surface area contributed by atoms with Gasteiger partial charge in [0.15, 0.2) is 11.5 Å². The van der Waals surface area contributed by atoms with Gasteiger partial charge in [-0.05, 0) is 36.2 Å². The number of methoxy groups -OCH3 is 1. The van der Waals surface area contributed by atoms with Crippen molar-refractivity contribution in [3.8, 4) is 22.6 Å². The molecular weight excluding hydrogens is 409 g/mol. The number of aromatic amines is 1. The molecule has 0 radical (unpaired) electrons. The molecule has 0 bridgehead atoms. The third-order valence-corrected chi connectivity index (χ3v) is 5.04. The van der Waals surface area contributed by atoms with E-state index >= 15 is 0 Å². The molecule has 3 aromatic rings. The number of benzene rings is 2. The fourth-order valence-corrected chi connectivity index (χ4v) is 3.54. The van der Waals surface area contributed by atoms with Crippen LogP contribution in [0.2, 0.25) is 0 Å². The maximum absolute atomic E-state index is 13.4. The third-order valence-electron chi connectivity index (χ3n) is 5.04. The Morgan fingerprint density at radius 3 is 2.65 bits per heavy atom. The minimum absolute atomic E-state index is 0.0351. The molecule has 0 fully saturated rings. The van der Waals surface area contributed by atoms with E-state index in [0.717, 1.165) is 11.3 Å². The highest BCUT2D eigenvalue weighted by Crippen LogP contribution is 2.35. The fourth-order valence-electron chi connectivity index (χ4n) is 3.54. The highest BCUT2D eigenvalue weighted by molar-refractivity contribution is 5.68. The number of halogens is 3. The highest BCUT2D eigenvalue weighted by Gasteiger charge is 2.33. The molecule has 1 N–H and O–H groups in total. The number of H-pyrrole nitrogens is 1. The maximum atomic E-state index is 13.4. The second kappa shape index (κ2) is 7.94. The molecular formula is C23H19F3N2O3. The summed E-state index contributed by atoms with van der Waals surface area (Å²) in [6.07, 6.45) is -2.56. The average molecular weight is 428 g/mol. The number of ether oxygens (including phenoxy) is 2. The van der Waals surface area contributed by atoms with Crippen molar-refractivity contribution >= 4 is 6.08 Å². The van der Waals surface area contributed by atoms with Crippen molar-refractivity contribution in [2.45, 2.75) is 19.7 Å². The zero-order valence-corrected chi connectivity index (χ0v) is 16.8. The SMILES string of the molecule is COc1cc(-c2cc(=O)[nH]c3c2=CCN=3)ccc1OCc1ccc(C)cc1C(F)(F)F. The first-order valence-electron chi connectivity index (χ1n) is 9.52. The molecule has 2 aromatic carbocycles. The molecule has 1 aliphatic heterocycles. The van der Waals surface area contributed by atoms with Crippen LogP contribution in [0.5, 0.6) is 11.5 Å². The third kappa shape index (κ3) is 4.19. The second-order valence-corrected chi connectivity index (χ2v) is 7.17. The van der Waals surface area contributed by atoms with E-state index in [9.17, 15) is 18.0 Å². The molecule has 5 nitrogen and oxygen atoms in total. The standard InChI is InChI=1S/C23H19F3N2O3/c1-13-3-4-15(18(9-13)23(24,25)26)12-31-19-6-5-14(10-20(19)30-2)17-11-21(29)28-22-16(17)7-8-27-22/h3-7,9-11H,8,12H2,1-2H3,(H,27,28,29). The van der Waals surface area contributed by atoms with E-state index in [-0.39, 0.29) is 17.7 Å². The quantitative estimate of drug-likeness (QED) is 0.678. The number of aromatic nitrogens is 1. The summed E-state index contributed by atoms with van der Waals surface area (Å²) in [7, 11) is 1.45. The van der Waals surface area contributed by atoms with Gasteiger partial charge in [-0.1, -0.05) is 29.8 Å². The first-order chi connectivity index (χ1) is 14.8. The zero-order valence-electron chi connectivity index (χ0n) is 16.8. The number of pyridine rings is 1. The Morgan fingerprint density at radius 2 is 1.90 bits per heavy atom. The van der Waals surface area contributed by atoms with Crippen LogP contribution in [0.25, 0.3) is 17.2 Å². The van der Waals surface area contributed by atoms with Crippen LogP contribution in [0.1, 0.15) is 16.7 Å². The highest BCUT2D eigenvalue weighted by atomic mass is 19.4. The largest absolute Gasteiger partial charge is 0.493 e. The van der Waals surface area contributed by atoms with Gasteiger partial charge in [0.1, 0.15) is 12.1 Å². The monoisotopic (exact) mass is 428 g/mol. The van der Waals surface area contributed by atoms with Gasteiger partial charge in [0.2, 0.25) is 5.56 Å². The minimum atomic E-state index is -4.47. The van der Waals surface area contributed by atoms with E-state index in [4.69, 9.17) is 9.47 Å². The topological polar surface area (TPSA) is 63.7 Å². The number of fused-ring (bicyclic) bond motifs is 1. The van der Waals surface area contributed by atoms with Crippen LogP contribution in [0, 0.1) is 6.92 Å². The van der Waals surface area contributed by atoms with Crippen molar-refractivity contribution in [1.29, 1.82) is 0 Å². The lowest BCUT2D eigenvalue weighted by atomic mass is 10.0. The lowest BCUT2D eigenvalue weighted by molar-refractivity contribution is -0.138. The van der Waals surface area contributed by atoms with Gasteiger partial charge in [-0.2, -0.15) is 13.2 Å². The summed E-state index contributed by atoms with van der Waals surface area (Å²) in [5.74, 6) is 0.650. The van der Waals surface area contributed by atoms with Crippen molar-refractivity contribution in [2.75, 3.05) is 13.7 Å². The lowest BCUT2D eigenvalue weighted by Gasteiger charge is -2.16. The number of hydrogen-bond donors (Lipinski definition) is 1. The lowest BCUT2D eigenvalue weighted by Crippen LogP contribution is -2.33. The molecule has 31 heavy (non-hydrogen) atoms. The molecule has 8 heteroatoms. The Bertz CT molecular complexity index is 1330. The second-order valence-electron chi connectivity index (χ2n) is 7.17. The van der Waals surface area contributed by atoms with Crippen LogP contribution in [0.4, 0.5) is 13.2 Å². The maximum Gasteiger partial charge on any atom is 0.416 e. The summed E-state index contributed by atoms with van der Waals surface area (Å²) in [5, 5.41) is 0.824. The molecule has 160 valence electrons. The van der Waals surface area contributed by atoms with Gasteiger partial charge in [0, 0.05) is 16.8 Å². The first-order valence-corrected chi connectivity index (χ1v) is 9.52. The minimum Gasteiger partial charge on any atom is -0.493 e. The van der Waals surface area contributed by atoms with Gasteiger partial charge in [-0.3, -0.25) is 9.79 Å². The first kappa shape index (κ1) is 20.7. The smallest absolute Gasteiger partial charge is 0.416 e.